The summed E-state index contributed by atoms with van der Waals surface area (Å²) in [5, 5.41) is 11.9. The topological polar surface area (TPSA) is 84.6 Å². The monoisotopic (exact) mass is 258 g/mol. The Bertz CT molecular complexity index is 398. The number of aliphatic hydroxyl groups excluding tert-OH is 1. The molecular weight excluding hydrogens is 244 g/mol. The fourth-order valence-electron chi connectivity index (χ4n) is 1.28. The van der Waals surface area contributed by atoms with E-state index in [-0.39, 0.29) is 6.54 Å². The number of nitrogens with one attached hydrogen (secondary N) is 1. The van der Waals surface area contributed by atoms with E-state index in [1.807, 2.05) is 0 Å². The number of ether oxygens (including phenoxy) is 1. The van der Waals surface area contributed by atoms with Gasteiger partial charge in [0.25, 0.3) is 0 Å². The third-order valence-electron chi connectivity index (χ3n) is 2.23. The van der Waals surface area contributed by atoms with Gasteiger partial charge in [0.1, 0.15) is 11.8 Å². The van der Waals surface area contributed by atoms with Crippen molar-refractivity contribution in [1.29, 1.82) is 0 Å². The van der Waals surface area contributed by atoms with Crippen LogP contribution in [0, 0.1) is 0 Å². The van der Waals surface area contributed by atoms with E-state index in [4.69, 9.17) is 27.2 Å². The summed E-state index contributed by atoms with van der Waals surface area (Å²) in [6.07, 6.45) is 0. The number of rotatable bonds is 5. The van der Waals surface area contributed by atoms with Gasteiger partial charge in [-0.1, -0.05) is 11.6 Å². The molecule has 1 aromatic rings. The number of carbonyl (C=O) groups is 1. The Balaban J connectivity index is 2.68. The molecule has 0 bridgehead atoms. The van der Waals surface area contributed by atoms with Gasteiger partial charge >= 0.3 is 0 Å². The number of hydrogen-bond acceptors (Lipinski definition) is 4. The van der Waals surface area contributed by atoms with Crippen LogP contribution in [0.3, 0.4) is 0 Å². The molecule has 0 spiro atoms. The minimum atomic E-state index is -0.917. The summed E-state index contributed by atoms with van der Waals surface area (Å²) in [7, 11) is 1.54. The van der Waals surface area contributed by atoms with Gasteiger partial charge in [0, 0.05) is 17.1 Å². The zero-order valence-electron chi connectivity index (χ0n) is 9.44. The van der Waals surface area contributed by atoms with E-state index in [0.29, 0.717) is 10.8 Å². The highest BCUT2D eigenvalue weighted by Gasteiger charge is 2.12. The van der Waals surface area contributed by atoms with Crippen LogP contribution < -0.4 is 15.8 Å². The summed E-state index contributed by atoms with van der Waals surface area (Å²) in [5.74, 6) is 0.210. The molecule has 6 heteroatoms. The van der Waals surface area contributed by atoms with Crippen LogP contribution >= 0.6 is 11.6 Å². The first kappa shape index (κ1) is 13.8. The minimum absolute atomic E-state index is 0.246. The molecule has 0 saturated heterocycles. The zero-order valence-corrected chi connectivity index (χ0v) is 10.2. The number of carbonyl (C=O) groups excluding carboxylic acids is 1. The Hall–Kier alpha value is -1.30. The van der Waals surface area contributed by atoms with Crippen LogP contribution in [0.4, 0.5) is 0 Å². The second-order valence-corrected chi connectivity index (χ2v) is 3.90. The number of hydrogen-bond donors (Lipinski definition) is 3. The Labute approximate surface area is 105 Å². The van der Waals surface area contributed by atoms with E-state index in [9.17, 15) is 4.79 Å². The molecule has 0 aliphatic carbocycles. The molecule has 1 unspecified atom stereocenters. The van der Waals surface area contributed by atoms with E-state index in [0.717, 1.165) is 5.56 Å². The highest BCUT2D eigenvalue weighted by Crippen LogP contribution is 2.22. The number of benzene rings is 1. The average Bonchev–Trinajstić information content (AvgIpc) is 2.35. The smallest absolute Gasteiger partial charge is 0.239 e. The van der Waals surface area contributed by atoms with Gasteiger partial charge in [0.2, 0.25) is 5.91 Å². The van der Waals surface area contributed by atoms with Crippen LogP contribution in [0.1, 0.15) is 5.56 Å². The molecule has 1 atom stereocenters. The average molecular weight is 259 g/mol. The Kier molecular flexibility index (Phi) is 5.21. The van der Waals surface area contributed by atoms with Crippen LogP contribution in [0.5, 0.6) is 5.75 Å². The first-order chi connectivity index (χ1) is 8.08. The Morgan fingerprint density at radius 3 is 2.94 bits per heavy atom. The third-order valence-corrected chi connectivity index (χ3v) is 2.46. The molecule has 94 valence electrons. The van der Waals surface area contributed by atoms with Crippen molar-refractivity contribution in [2.24, 2.45) is 5.73 Å². The molecule has 0 radical (unpaired) electrons. The van der Waals surface area contributed by atoms with Crippen molar-refractivity contribution in [2.45, 2.75) is 12.6 Å². The van der Waals surface area contributed by atoms with Gasteiger partial charge in [-0.15, -0.1) is 0 Å². The lowest BCUT2D eigenvalue weighted by atomic mass is 10.2. The molecule has 1 amide bonds. The van der Waals surface area contributed by atoms with Gasteiger partial charge in [0.05, 0.1) is 13.7 Å². The van der Waals surface area contributed by atoms with E-state index >= 15 is 0 Å². The molecule has 1 rings (SSSR count). The van der Waals surface area contributed by atoms with Gasteiger partial charge in [-0.25, -0.2) is 0 Å². The van der Waals surface area contributed by atoms with E-state index in [1.54, 1.807) is 18.2 Å². The molecule has 0 aliphatic rings. The fraction of sp³-hybridized carbons (Fsp3) is 0.364. The van der Waals surface area contributed by atoms with Crippen molar-refractivity contribution >= 4 is 17.5 Å². The van der Waals surface area contributed by atoms with Crippen molar-refractivity contribution in [1.82, 2.24) is 5.32 Å². The highest BCUT2D eigenvalue weighted by molar-refractivity contribution is 6.30. The van der Waals surface area contributed by atoms with E-state index in [2.05, 4.69) is 5.32 Å². The molecule has 5 nitrogen and oxygen atoms in total. The maximum atomic E-state index is 11.4. The van der Waals surface area contributed by atoms with Gasteiger partial charge < -0.3 is 20.9 Å². The SMILES string of the molecule is COc1ccc(Cl)cc1CNC(=O)C(N)CO. The first-order valence-electron chi connectivity index (χ1n) is 5.05. The second kappa shape index (κ2) is 6.44. The molecule has 0 fully saturated rings. The summed E-state index contributed by atoms with van der Waals surface area (Å²) in [6, 6.07) is 4.20. The fourth-order valence-corrected chi connectivity index (χ4v) is 1.48. The molecule has 0 saturated carbocycles. The lowest BCUT2D eigenvalue weighted by Crippen LogP contribution is -2.42. The predicted molar refractivity (Wildman–Crippen MR) is 64.9 cm³/mol. The summed E-state index contributed by atoms with van der Waals surface area (Å²) >= 11 is 5.85. The molecule has 0 heterocycles. The van der Waals surface area contributed by atoms with Gasteiger partial charge in [0.15, 0.2) is 0 Å². The van der Waals surface area contributed by atoms with Crippen LogP contribution in [0.2, 0.25) is 5.02 Å². The number of halogens is 1. The maximum absolute atomic E-state index is 11.4. The molecule has 0 aliphatic heterocycles. The van der Waals surface area contributed by atoms with Crippen molar-refractivity contribution < 1.29 is 14.6 Å². The Morgan fingerprint density at radius 2 is 2.35 bits per heavy atom. The van der Waals surface area contributed by atoms with E-state index in [1.165, 1.54) is 7.11 Å². The van der Waals surface area contributed by atoms with Crippen molar-refractivity contribution in [2.75, 3.05) is 13.7 Å². The molecular formula is C11H15ClN2O3. The first-order valence-corrected chi connectivity index (χ1v) is 5.43. The molecule has 0 aromatic heterocycles. The van der Waals surface area contributed by atoms with Crippen molar-refractivity contribution in [3.63, 3.8) is 0 Å². The zero-order chi connectivity index (χ0) is 12.8. The largest absolute Gasteiger partial charge is 0.496 e. The predicted octanol–water partition coefficient (Wildman–Crippen LogP) is 0.284. The lowest BCUT2D eigenvalue weighted by Gasteiger charge is -2.12. The number of nitrogens with two attached hydrogens (primary N) is 1. The second-order valence-electron chi connectivity index (χ2n) is 3.46. The summed E-state index contributed by atoms with van der Waals surface area (Å²) in [4.78, 5) is 11.4. The van der Waals surface area contributed by atoms with Crippen LogP contribution in [-0.2, 0) is 11.3 Å². The quantitative estimate of drug-likeness (QED) is 0.709. The van der Waals surface area contributed by atoms with Crippen molar-refractivity contribution in [3.05, 3.63) is 28.8 Å². The van der Waals surface area contributed by atoms with Crippen molar-refractivity contribution in [3.8, 4) is 5.75 Å². The standard InChI is InChI=1S/C11H15ClN2O3/c1-17-10-3-2-8(12)4-7(10)5-14-11(16)9(13)6-15/h2-4,9,15H,5-6,13H2,1H3,(H,14,16). The number of methoxy groups -OCH3 is 1. The normalized spacial score (nSPS) is 12.0. The summed E-state index contributed by atoms with van der Waals surface area (Å²) < 4.78 is 5.13. The summed E-state index contributed by atoms with van der Waals surface area (Å²) in [6.45, 7) is -0.144. The molecule has 1 aromatic carbocycles. The Morgan fingerprint density at radius 1 is 1.65 bits per heavy atom. The number of amides is 1. The maximum Gasteiger partial charge on any atom is 0.239 e. The molecule has 4 N–H and O–H groups in total. The van der Waals surface area contributed by atoms with Gasteiger partial charge in [-0.05, 0) is 18.2 Å². The van der Waals surface area contributed by atoms with Gasteiger partial charge in [-0.2, -0.15) is 0 Å². The van der Waals surface area contributed by atoms with Crippen LogP contribution in [-0.4, -0.2) is 30.8 Å². The summed E-state index contributed by atoms with van der Waals surface area (Å²) in [5.41, 5.74) is 6.11. The number of aliphatic hydroxyl groups is 1. The minimum Gasteiger partial charge on any atom is -0.496 e. The van der Waals surface area contributed by atoms with Crippen LogP contribution in [0.15, 0.2) is 18.2 Å². The van der Waals surface area contributed by atoms with Crippen LogP contribution in [0.25, 0.3) is 0 Å². The van der Waals surface area contributed by atoms with Gasteiger partial charge in [-0.3, -0.25) is 4.79 Å². The lowest BCUT2D eigenvalue weighted by molar-refractivity contribution is -0.123. The highest BCUT2D eigenvalue weighted by atomic mass is 35.5. The molecule has 17 heavy (non-hydrogen) atoms. The third kappa shape index (κ3) is 3.89. The van der Waals surface area contributed by atoms with E-state index < -0.39 is 18.6 Å².